The first-order valence-electron chi connectivity index (χ1n) is 11.5. The summed E-state index contributed by atoms with van der Waals surface area (Å²) >= 11 is 0. The minimum atomic E-state index is -1.39. The van der Waals surface area contributed by atoms with Gasteiger partial charge in [0.15, 0.2) is 0 Å². The fourth-order valence-corrected chi connectivity index (χ4v) is 4.37. The minimum absolute atomic E-state index is 0.212. The first kappa shape index (κ1) is 32.6. The van der Waals surface area contributed by atoms with Gasteiger partial charge in [-0.15, -0.1) is 0 Å². The Morgan fingerprint density at radius 1 is 0.697 bits per heavy atom. The quantitative estimate of drug-likeness (QED) is 0.146. The van der Waals surface area contributed by atoms with Crippen molar-refractivity contribution in [3.05, 3.63) is 0 Å². The van der Waals surface area contributed by atoms with Crippen molar-refractivity contribution in [3.63, 3.8) is 0 Å². The van der Waals surface area contributed by atoms with Crippen LogP contribution in [0.1, 0.15) is 34.1 Å². The highest BCUT2D eigenvalue weighted by Crippen LogP contribution is 2.47. The van der Waals surface area contributed by atoms with Gasteiger partial charge in [-0.05, 0) is 27.7 Å². The number of ether oxygens (including phenoxy) is 6. The molecule has 0 spiro atoms. The van der Waals surface area contributed by atoms with Gasteiger partial charge in [-0.1, -0.05) is 0 Å². The van der Waals surface area contributed by atoms with Crippen molar-refractivity contribution in [1.82, 2.24) is 4.67 Å². The van der Waals surface area contributed by atoms with Crippen LogP contribution in [0.5, 0.6) is 0 Å². The summed E-state index contributed by atoms with van der Waals surface area (Å²) in [4.78, 5) is 0. The largest absolute Gasteiger partial charge is 0.382 e. The predicted octanol–water partition coefficient (Wildman–Crippen LogP) is 3.01. The monoisotopic (exact) mass is 496 g/mol. The van der Waals surface area contributed by atoms with E-state index >= 15 is 0 Å². The average Bonchev–Trinajstić information content (AvgIpc) is 2.77. The first-order valence-corrected chi connectivity index (χ1v) is 12.6. The van der Waals surface area contributed by atoms with Crippen molar-refractivity contribution in [3.8, 4) is 6.07 Å². The Bertz CT molecular complexity index is 442. The van der Waals surface area contributed by atoms with Crippen molar-refractivity contribution < 1.29 is 37.5 Å². The molecule has 0 radical (unpaired) electrons. The smallest absolute Gasteiger partial charge is 0.259 e. The standard InChI is InChI=1S/C22H45N2O8P/c1-20(2)24(21(3)4)33(31-9-7-8-23)32-22(18-29-16-14-27-12-10-25-5)19-30-17-15-28-13-11-26-6/h20-22H,7,9-19H2,1-6H3. The van der Waals surface area contributed by atoms with Crippen molar-refractivity contribution in [2.45, 2.75) is 52.3 Å². The van der Waals surface area contributed by atoms with E-state index in [0.29, 0.717) is 79.1 Å². The molecule has 10 nitrogen and oxygen atoms in total. The lowest BCUT2D eigenvalue weighted by atomic mass is 10.3. The molecule has 0 rings (SSSR count). The normalized spacial score (nSPS) is 12.9. The number of hydrogen-bond acceptors (Lipinski definition) is 10. The third-order valence-corrected chi connectivity index (χ3v) is 6.30. The lowest BCUT2D eigenvalue weighted by Crippen LogP contribution is -2.36. The zero-order chi connectivity index (χ0) is 24.7. The van der Waals surface area contributed by atoms with Crippen LogP contribution in [0.3, 0.4) is 0 Å². The molecule has 0 amide bonds. The van der Waals surface area contributed by atoms with Crippen LogP contribution in [-0.2, 0) is 37.5 Å². The van der Waals surface area contributed by atoms with Gasteiger partial charge in [0.05, 0.1) is 85.2 Å². The number of rotatable bonds is 24. The van der Waals surface area contributed by atoms with Crippen LogP contribution >= 0.6 is 8.53 Å². The Morgan fingerprint density at radius 2 is 1.15 bits per heavy atom. The van der Waals surface area contributed by atoms with Crippen LogP contribution in [0, 0.1) is 11.3 Å². The molecule has 0 aliphatic rings. The van der Waals surface area contributed by atoms with Gasteiger partial charge in [-0.2, -0.15) is 5.26 Å². The van der Waals surface area contributed by atoms with Crippen molar-refractivity contribution in [1.29, 1.82) is 5.26 Å². The molecule has 0 fully saturated rings. The van der Waals surface area contributed by atoms with Gasteiger partial charge in [-0.3, -0.25) is 0 Å². The van der Waals surface area contributed by atoms with Gasteiger partial charge in [0.2, 0.25) is 0 Å². The average molecular weight is 497 g/mol. The van der Waals surface area contributed by atoms with Gasteiger partial charge in [0.1, 0.15) is 6.10 Å². The SMILES string of the molecule is COCCOCCOCC(COCCOCCOC)OP(OCCC#N)N(C(C)C)C(C)C. The Kier molecular flexibility index (Phi) is 23.0. The van der Waals surface area contributed by atoms with E-state index in [9.17, 15) is 0 Å². The van der Waals surface area contributed by atoms with E-state index in [0.717, 1.165) is 0 Å². The van der Waals surface area contributed by atoms with Crippen LogP contribution in [0.15, 0.2) is 0 Å². The van der Waals surface area contributed by atoms with Crippen molar-refractivity contribution >= 4 is 8.53 Å². The molecule has 0 aromatic carbocycles. The molecule has 0 bridgehead atoms. The molecule has 11 heteroatoms. The minimum Gasteiger partial charge on any atom is -0.382 e. The van der Waals surface area contributed by atoms with E-state index < -0.39 is 8.53 Å². The first-order chi connectivity index (χ1) is 16.0. The zero-order valence-corrected chi connectivity index (χ0v) is 22.2. The van der Waals surface area contributed by atoms with E-state index in [2.05, 4.69) is 38.4 Å². The molecule has 0 aromatic heterocycles. The number of nitrogens with zero attached hydrogens (tertiary/aromatic N) is 2. The molecule has 0 aliphatic heterocycles. The summed E-state index contributed by atoms with van der Waals surface area (Å²) in [6, 6.07) is 2.54. The molecule has 0 heterocycles. The third kappa shape index (κ3) is 18.5. The highest BCUT2D eigenvalue weighted by atomic mass is 31.2. The molecule has 0 saturated carbocycles. The maximum absolute atomic E-state index is 8.90. The Balaban J connectivity index is 4.83. The second kappa shape index (κ2) is 23.3. The summed E-state index contributed by atoms with van der Waals surface area (Å²) < 4.78 is 46.9. The molecule has 0 saturated heterocycles. The summed E-state index contributed by atoms with van der Waals surface area (Å²) in [6.45, 7) is 13.4. The second-order valence-corrected chi connectivity index (χ2v) is 9.04. The number of nitriles is 1. The summed E-state index contributed by atoms with van der Waals surface area (Å²) in [7, 11) is 1.88. The molecular weight excluding hydrogens is 451 g/mol. The highest BCUT2D eigenvalue weighted by Gasteiger charge is 2.30. The van der Waals surface area contributed by atoms with Crippen LogP contribution in [0.2, 0.25) is 0 Å². The van der Waals surface area contributed by atoms with Gasteiger partial charge in [-0.25, -0.2) is 4.67 Å². The highest BCUT2D eigenvalue weighted by molar-refractivity contribution is 7.44. The summed E-state index contributed by atoms with van der Waals surface area (Å²) in [6.07, 6.45) is -0.0298. The van der Waals surface area contributed by atoms with E-state index in [-0.39, 0.29) is 18.2 Å². The van der Waals surface area contributed by atoms with Crippen LogP contribution in [0.25, 0.3) is 0 Å². The van der Waals surface area contributed by atoms with Crippen molar-refractivity contribution in [2.75, 3.05) is 86.9 Å². The Labute approximate surface area is 201 Å². The fourth-order valence-electron chi connectivity index (χ4n) is 2.68. The van der Waals surface area contributed by atoms with Crippen LogP contribution in [0.4, 0.5) is 0 Å². The molecule has 0 N–H and O–H groups in total. The lowest BCUT2D eigenvalue weighted by Gasteiger charge is -2.37. The molecule has 1 atom stereocenters. The van der Waals surface area contributed by atoms with Crippen LogP contribution in [-0.4, -0.2) is 110 Å². The summed E-state index contributed by atoms with van der Waals surface area (Å²) in [5, 5.41) is 8.90. The summed E-state index contributed by atoms with van der Waals surface area (Å²) in [5.41, 5.74) is 0. The van der Waals surface area contributed by atoms with Gasteiger partial charge >= 0.3 is 0 Å². The lowest BCUT2D eigenvalue weighted by molar-refractivity contribution is -0.0409. The molecular formula is C22H45N2O8P. The topological polar surface area (TPSA) is 101 Å². The summed E-state index contributed by atoms with van der Waals surface area (Å²) in [5.74, 6) is 0. The van der Waals surface area contributed by atoms with E-state index in [4.69, 9.17) is 42.7 Å². The molecule has 196 valence electrons. The van der Waals surface area contributed by atoms with Gasteiger partial charge in [0, 0.05) is 26.3 Å². The van der Waals surface area contributed by atoms with E-state index in [1.165, 1.54) is 0 Å². The van der Waals surface area contributed by atoms with Crippen molar-refractivity contribution in [2.24, 2.45) is 0 Å². The van der Waals surface area contributed by atoms with Gasteiger partial charge < -0.3 is 37.5 Å². The Hall–Kier alpha value is -0.440. The third-order valence-electron chi connectivity index (χ3n) is 4.12. The molecule has 1 unspecified atom stereocenters. The fraction of sp³-hybridized carbons (Fsp3) is 0.955. The van der Waals surface area contributed by atoms with Crippen LogP contribution < -0.4 is 0 Å². The molecule has 0 aliphatic carbocycles. The van der Waals surface area contributed by atoms with Gasteiger partial charge in [0.25, 0.3) is 8.53 Å². The number of hydrogen-bond donors (Lipinski definition) is 0. The predicted molar refractivity (Wildman–Crippen MR) is 127 cm³/mol. The maximum atomic E-state index is 8.90. The second-order valence-electron chi connectivity index (χ2n) is 7.63. The maximum Gasteiger partial charge on any atom is 0.259 e. The molecule has 0 aromatic rings. The zero-order valence-electron chi connectivity index (χ0n) is 21.3. The van der Waals surface area contributed by atoms with E-state index in [1.54, 1.807) is 14.2 Å². The Morgan fingerprint density at radius 3 is 1.58 bits per heavy atom. The number of methoxy groups -OCH3 is 2. The van der Waals surface area contributed by atoms with E-state index in [1.807, 2.05) is 0 Å². The molecule has 33 heavy (non-hydrogen) atoms.